The number of aromatic nitrogens is 2. The summed E-state index contributed by atoms with van der Waals surface area (Å²) in [5.74, 6) is 0.928. The number of hydrogen-bond acceptors (Lipinski definition) is 5. The molecule has 1 saturated carbocycles. The summed E-state index contributed by atoms with van der Waals surface area (Å²) in [6.07, 6.45) is 7.57. The van der Waals surface area contributed by atoms with Crippen molar-refractivity contribution < 1.29 is 4.43 Å². The van der Waals surface area contributed by atoms with Gasteiger partial charge in [0, 0.05) is 18.3 Å². The van der Waals surface area contributed by atoms with Crippen molar-refractivity contribution in [2.75, 3.05) is 11.6 Å². The molecule has 1 N–H and O–H groups in total. The fraction of sp³-hybridized carbons (Fsp3) is 0.750. The van der Waals surface area contributed by atoms with E-state index in [9.17, 15) is 0 Å². The van der Waals surface area contributed by atoms with Crippen LogP contribution in [-0.2, 0) is 4.43 Å². The Hall–Kier alpha value is -0.593. The predicted octanol–water partition coefficient (Wildman–Crippen LogP) is 4.55. The molecule has 0 aromatic carbocycles. The Bertz CT molecular complexity index is 504. The van der Waals surface area contributed by atoms with E-state index >= 15 is 0 Å². The zero-order valence-electron chi connectivity index (χ0n) is 14.6. The number of anilines is 1. The molecule has 2 atom stereocenters. The van der Waals surface area contributed by atoms with Crippen molar-refractivity contribution in [3.05, 3.63) is 12.3 Å². The van der Waals surface area contributed by atoms with Crippen LogP contribution in [0.3, 0.4) is 0 Å². The second-order valence-electron chi connectivity index (χ2n) is 7.58. The quantitative estimate of drug-likeness (QED) is 0.484. The highest BCUT2D eigenvalue weighted by Crippen LogP contribution is 2.39. The molecule has 1 aromatic heterocycles. The molecule has 1 fully saturated rings. The largest absolute Gasteiger partial charge is 0.414 e. The van der Waals surface area contributed by atoms with Gasteiger partial charge in [0.05, 0.1) is 0 Å². The van der Waals surface area contributed by atoms with E-state index in [1.165, 1.54) is 0 Å². The van der Waals surface area contributed by atoms with E-state index in [2.05, 4.69) is 49.1 Å². The van der Waals surface area contributed by atoms with E-state index in [-0.39, 0.29) is 5.04 Å². The molecule has 22 heavy (non-hydrogen) atoms. The summed E-state index contributed by atoms with van der Waals surface area (Å²) in [7, 11) is -1.66. The lowest BCUT2D eigenvalue weighted by Gasteiger charge is -2.38. The molecule has 0 amide bonds. The van der Waals surface area contributed by atoms with Crippen molar-refractivity contribution in [2.24, 2.45) is 0 Å². The lowest BCUT2D eigenvalue weighted by molar-refractivity contribution is 0.187. The molecule has 1 heterocycles. The molecule has 0 radical (unpaired) electrons. The van der Waals surface area contributed by atoms with Crippen LogP contribution in [0.1, 0.15) is 40.0 Å². The summed E-state index contributed by atoms with van der Waals surface area (Å²) in [5, 5.41) is 4.63. The van der Waals surface area contributed by atoms with Crippen LogP contribution in [0.25, 0.3) is 0 Å². The van der Waals surface area contributed by atoms with Crippen molar-refractivity contribution in [1.29, 1.82) is 0 Å². The second-order valence-corrected chi connectivity index (χ2v) is 13.1. The molecule has 0 spiro atoms. The summed E-state index contributed by atoms with van der Waals surface area (Å²) in [4.78, 5) is 8.72. The van der Waals surface area contributed by atoms with Gasteiger partial charge in [-0.15, -0.1) is 0 Å². The zero-order chi connectivity index (χ0) is 16.4. The van der Waals surface area contributed by atoms with Crippen molar-refractivity contribution in [1.82, 2.24) is 9.97 Å². The van der Waals surface area contributed by atoms with Crippen LogP contribution in [0.2, 0.25) is 18.1 Å². The first-order valence-electron chi connectivity index (χ1n) is 8.02. The molecule has 1 aromatic rings. The number of thioether (sulfide) groups is 1. The molecule has 0 aliphatic heterocycles. The van der Waals surface area contributed by atoms with Crippen LogP contribution >= 0.6 is 11.8 Å². The maximum absolute atomic E-state index is 6.54. The van der Waals surface area contributed by atoms with Crippen molar-refractivity contribution >= 4 is 25.9 Å². The van der Waals surface area contributed by atoms with Gasteiger partial charge in [0.2, 0.25) is 0 Å². The molecule has 1 aliphatic carbocycles. The summed E-state index contributed by atoms with van der Waals surface area (Å²) < 4.78 is 6.54. The van der Waals surface area contributed by atoms with Crippen LogP contribution in [0, 0.1) is 0 Å². The summed E-state index contributed by atoms with van der Waals surface area (Å²) >= 11 is 1.57. The van der Waals surface area contributed by atoms with E-state index in [1.807, 2.05) is 18.5 Å². The third-order valence-electron chi connectivity index (χ3n) is 4.82. The Labute approximate surface area is 140 Å². The van der Waals surface area contributed by atoms with Gasteiger partial charge in [0.15, 0.2) is 13.5 Å². The van der Waals surface area contributed by atoms with Gasteiger partial charge in [-0.05, 0) is 49.7 Å². The minimum absolute atomic E-state index is 0.276. The first kappa shape index (κ1) is 17.8. The standard InChI is InChI=1S/C16H29N3OSSi/c1-16(2,3)22(5,6)20-13-8-7-12(11-13)18-14-9-10-17-15(19-14)21-4/h9-10,12-13H,7-8,11H2,1-6H3,(H,17,18,19)/t12-,13-/m1/s1. The molecule has 6 heteroatoms. The fourth-order valence-corrected chi connectivity index (χ4v) is 4.26. The zero-order valence-corrected chi connectivity index (χ0v) is 16.5. The van der Waals surface area contributed by atoms with Crippen LogP contribution in [0.15, 0.2) is 17.4 Å². The van der Waals surface area contributed by atoms with Gasteiger partial charge < -0.3 is 9.74 Å². The lowest BCUT2D eigenvalue weighted by Crippen LogP contribution is -2.43. The van der Waals surface area contributed by atoms with Crippen LogP contribution in [-0.4, -0.2) is 36.7 Å². The molecule has 0 unspecified atom stereocenters. The molecular weight excluding hydrogens is 310 g/mol. The Kier molecular flexibility index (Phi) is 5.56. The molecule has 1 aliphatic rings. The van der Waals surface area contributed by atoms with E-state index < -0.39 is 8.32 Å². The van der Waals surface area contributed by atoms with Crippen LogP contribution in [0.4, 0.5) is 5.82 Å². The molecule has 0 bridgehead atoms. The average molecular weight is 340 g/mol. The minimum atomic E-state index is -1.66. The molecule has 124 valence electrons. The van der Waals surface area contributed by atoms with Crippen LogP contribution in [0.5, 0.6) is 0 Å². The van der Waals surface area contributed by atoms with E-state index in [0.717, 1.165) is 30.2 Å². The molecular formula is C16H29N3OSSi. The normalized spacial score (nSPS) is 22.8. The smallest absolute Gasteiger partial charge is 0.192 e. The summed E-state index contributed by atoms with van der Waals surface area (Å²) in [5.41, 5.74) is 0. The third-order valence-corrected chi connectivity index (χ3v) is 9.92. The van der Waals surface area contributed by atoms with Crippen molar-refractivity contribution in [2.45, 2.75) is 75.5 Å². The predicted molar refractivity (Wildman–Crippen MR) is 97.1 cm³/mol. The Morgan fingerprint density at radius 1 is 1.32 bits per heavy atom. The van der Waals surface area contributed by atoms with Crippen LogP contribution < -0.4 is 5.32 Å². The first-order chi connectivity index (χ1) is 10.2. The van der Waals surface area contributed by atoms with Crippen molar-refractivity contribution in [3.63, 3.8) is 0 Å². The van der Waals surface area contributed by atoms with Crippen molar-refractivity contribution in [3.8, 4) is 0 Å². The maximum atomic E-state index is 6.54. The number of hydrogen-bond donors (Lipinski definition) is 1. The Morgan fingerprint density at radius 2 is 2.05 bits per heavy atom. The first-order valence-corrected chi connectivity index (χ1v) is 12.2. The average Bonchev–Trinajstić information content (AvgIpc) is 2.84. The monoisotopic (exact) mass is 339 g/mol. The SMILES string of the molecule is CSc1nccc(N[C@@H]2CC[C@@H](O[Si](C)(C)C(C)(C)C)C2)n1. The Balaban J connectivity index is 1.90. The number of nitrogens with one attached hydrogen (secondary N) is 1. The third kappa shape index (κ3) is 4.46. The van der Waals surface area contributed by atoms with Gasteiger partial charge >= 0.3 is 0 Å². The minimum Gasteiger partial charge on any atom is -0.414 e. The highest BCUT2D eigenvalue weighted by atomic mass is 32.2. The highest BCUT2D eigenvalue weighted by molar-refractivity contribution is 7.98. The topological polar surface area (TPSA) is 47.0 Å². The summed E-state index contributed by atoms with van der Waals surface area (Å²) in [6.45, 7) is 11.6. The number of nitrogens with zero attached hydrogens (tertiary/aromatic N) is 2. The van der Waals surface area contributed by atoms with E-state index in [1.54, 1.807) is 11.8 Å². The van der Waals surface area contributed by atoms with Gasteiger partial charge in [0.1, 0.15) is 5.82 Å². The lowest BCUT2D eigenvalue weighted by atomic mass is 10.2. The Morgan fingerprint density at radius 3 is 2.68 bits per heavy atom. The summed E-state index contributed by atoms with van der Waals surface area (Å²) in [6, 6.07) is 2.40. The van der Waals surface area contributed by atoms with E-state index in [0.29, 0.717) is 12.1 Å². The van der Waals surface area contributed by atoms with Gasteiger partial charge in [-0.2, -0.15) is 0 Å². The van der Waals surface area contributed by atoms with Gasteiger partial charge in [-0.3, -0.25) is 0 Å². The molecule has 2 rings (SSSR count). The van der Waals surface area contributed by atoms with Gasteiger partial charge in [0.25, 0.3) is 0 Å². The van der Waals surface area contributed by atoms with Gasteiger partial charge in [-0.25, -0.2) is 9.97 Å². The second kappa shape index (κ2) is 6.89. The van der Waals surface area contributed by atoms with E-state index in [4.69, 9.17) is 4.43 Å². The fourth-order valence-electron chi connectivity index (χ4n) is 2.50. The number of rotatable bonds is 5. The molecule has 4 nitrogen and oxygen atoms in total. The molecule has 0 saturated heterocycles. The highest BCUT2D eigenvalue weighted by Gasteiger charge is 2.40. The maximum Gasteiger partial charge on any atom is 0.192 e. The van der Waals surface area contributed by atoms with Gasteiger partial charge in [-0.1, -0.05) is 32.5 Å².